The molecule has 0 radical (unpaired) electrons. The van der Waals surface area contributed by atoms with Crippen molar-refractivity contribution in [1.29, 1.82) is 0 Å². The molecule has 3 heterocycles. The van der Waals surface area contributed by atoms with Crippen molar-refractivity contribution in [3.63, 3.8) is 0 Å². The van der Waals surface area contributed by atoms with Gasteiger partial charge in [-0.3, -0.25) is 9.48 Å². The fraction of sp³-hybridized carbons (Fsp3) is 0.579. The summed E-state index contributed by atoms with van der Waals surface area (Å²) in [5.41, 5.74) is 4.14. The molecule has 2 aromatic heterocycles. The molecular formula is C19H27N5O2. The van der Waals surface area contributed by atoms with Gasteiger partial charge in [-0.05, 0) is 44.7 Å². The summed E-state index contributed by atoms with van der Waals surface area (Å²) in [5, 5.41) is 4.33. The Morgan fingerprint density at radius 2 is 2.15 bits per heavy atom. The number of aromatic nitrogens is 4. The molecule has 1 saturated heterocycles. The van der Waals surface area contributed by atoms with Gasteiger partial charge in [0.15, 0.2) is 0 Å². The number of amides is 1. The number of hydrogen-bond acceptors (Lipinski definition) is 5. The molecule has 140 valence electrons. The van der Waals surface area contributed by atoms with Crippen LogP contribution in [0.4, 0.5) is 0 Å². The summed E-state index contributed by atoms with van der Waals surface area (Å²) < 4.78 is 7.65. The van der Waals surface area contributed by atoms with Crippen molar-refractivity contribution in [2.24, 2.45) is 7.05 Å². The maximum absolute atomic E-state index is 12.6. The summed E-state index contributed by atoms with van der Waals surface area (Å²) in [7, 11) is 1.91. The molecule has 1 amide bonds. The number of aryl methyl sites for hydroxylation is 5. The zero-order valence-electron chi connectivity index (χ0n) is 15.8. The molecule has 2 aromatic rings. The third-order valence-electron chi connectivity index (χ3n) is 4.80. The number of ether oxygens (including phenoxy) is 1. The molecule has 1 aliphatic heterocycles. The van der Waals surface area contributed by atoms with E-state index in [9.17, 15) is 4.79 Å². The normalized spacial score (nSPS) is 17.5. The molecule has 0 saturated carbocycles. The smallest absolute Gasteiger partial charge is 0.223 e. The fourth-order valence-corrected chi connectivity index (χ4v) is 3.37. The topological polar surface area (TPSA) is 73.1 Å². The van der Waals surface area contributed by atoms with E-state index in [-0.39, 0.29) is 12.0 Å². The van der Waals surface area contributed by atoms with E-state index in [1.165, 1.54) is 0 Å². The van der Waals surface area contributed by atoms with Crippen LogP contribution in [0.3, 0.4) is 0 Å². The van der Waals surface area contributed by atoms with Gasteiger partial charge >= 0.3 is 0 Å². The zero-order valence-corrected chi connectivity index (χ0v) is 15.8. The van der Waals surface area contributed by atoms with Gasteiger partial charge in [0.2, 0.25) is 5.91 Å². The van der Waals surface area contributed by atoms with Crippen LogP contribution in [0.25, 0.3) is 0 Å². The molecule has 7 nitrogen and oxygen atoms in total. The monoisotopic (exact) mass is 357 g/mol. The molecule has 0 N–H and O–H groups in total. The predicted molar refractivity (Wildman–Crippen MR) is 97.7 cm³/mol. The Kier molecular flexibility index (Phi) is 5.98. The van der Waals surface area contributed by atoms with Gasteiger partial charge in [-0.15, -0.1) is 0 Å². The van der Waals surface area contributed by atoms with Crippen molar-refractivity contribution in [1.82, 2.24) is 24.6 Å². The lowest BCUT2D eigenvalue weighted by molar-refractivity contribution is -0.138. The van der Waals surface area contributed by atoms with Crippen molar-refractivity contribution < 1.29 is 9.53 Å². The van der Waals surface area contributed by atoms with Crippen LogP contribution >= 0.6 is 0 Å². The summed E-state index contributed by atoms with van der Waals surface area (Å²) >= 11 is 0. The van der Waals surface area contributed by atoms with Crippen molar-refractivity contribution in [3.05, 3.63) is 41.2 Å². The maximum atomic E-state index is 12.6. The van der Waals surface area contributed by atoms with Crippen LogP contribution in [0.5, 0.6) is 0 Å². The zero-order chi connectivity index (χ0) is 18.5. The van der Waals surface area contributed by atoms with E-state index in [1.54, 1.807) is 11.0 Å². The quantitative estimate of drug-likeness (QED) is 0.785. The van der Waals surface area contributed by atoms with Crippen LogP contribution in [0.15, 0.2) is 18.6 Å². The molecule has 3 rings (SSSR count). The Hall–Kier alpha value is -2.28. The first-order valence-corrected chi connectivity index (χ1v) is 9.17. The highest BCUT2D eigenvalue weighted by Gasteiger charge is 2.24. The minimum absolute atomic E-state index is 0.0723. The van der Waals surface area contributed by atoms with E-state index in [4.69, 9.17) is 4.74 Å². The van der Waals surface area contributed by atoms with Gasteiger partial charge in [0.25, 0.3) is 0 Å². The van der Waals surface area contributed by atoms with E-state index in [1.807, 2.05) is 38.1 Å². The Morgan fingerprint density at radius 1 is 1.31 bits per heavy atom. The van der Waals surface area contributed by atoms with Crippen molar-refractivity contribution in [3.8, 4) is 0 Å². The largest absolute Gasteiger partial charge is 0.375 e. The lowest BCUT2D eigenvalue weighted by Crippen LogP contribution is -2.45. The Balaban J connectivity index is 1.48. The van der Waals surface area contributed by atoms with Crippen LogP contribution in [0.1, 0.15) is 35.5 Å². The first-order valence-electron chi connectivity index (χ1n) is 9.17. The summed E-state index contributed by atoms with van der Waals surface area (Å²) in [6.45, 7) is 5.89. The number of rotatable bonds is 6. The highest BCUT2D eigenvalue weighted by Crippen LogP contribution is 2.14. The van der Waals surface area contributed by atoms with E-state index in [0.717, 1.165) is 41.9 Å². The van der Waals surface area contributed by atoms with Crippen LogP contribution in [0.2, 0.25) is 0 Å². The number of hydrogen-bond donors (Lipinski definition) is 0. The second-order valence-corrected chi connectivity index (χ2v) is 6.94. The standard InChI is InChI=1S/C19H27N5O2/c1-14-10-17(21-13-20-14)5-6-18-12-24(8-9-26-18)19(25)7-4-16-11-23(3)22-15(16)2/h10-11,13,18H,4-9,12H2,1-3H3/t18-/m1/s1. The number of nitrogens with zero attached hydrogens (tertiary/aromatic N) is 5. The molecule has 0 unspecified atom stereocenters. The Morgan fingerprint density at radius 3 is 2.88 bits per heavy atom. The van der Waals surface area contributed by atoms with Gasteiger partial charge in [0.1, 0.15) is 6.33 Å². The molecule has 26 heavy (non-hydrogen) atoms. The minimum Gasteiger partial charge on any atom is -0.375 e. The van der Waals surface area contributed by atoms with E-state index in [2.05, 4.69) is 15.1 Å². The highest BCUT2D eigenvalue weighted by atomic mass is 16.5. The second-order valence-electron chi connectivity index (χ2n) is 6.94. The van der Waals surface area contributed by atoms with Crippen molar-refractivity contribution >= 4 is 5.91 Å². The Bertz CT molecular complexity index is 758. The van der Waals surface area contributed by atoms with Crippen LogP contribution < -0.4 is 0 Å². The maximum Gasteiger partial charge on any atom is 0.223 e. The molecule has 0 bridgehead atoms. The number of carbonyl (C=O) groups excluding carboxylic acids is 1. The molecule has 1 aliphatic rings. The van der Waals surface area contributed by atoms with Gasteiger partial charge in [0, 0.05) is 44.1 Å². The van der Waals surface area contributed by atoms with Gasteiger partial charge in [0.05, 0.1) is 18.4 Å². The first-order chi connectivity index (χ1) is 12.5. The summed E-state index contributed by atoms with van der Waals surface area (Å²) in [6, 6.07) is 2.00. The summed E-state index contributed by atoms with van der Waals surface area (Å²) in [4.78, 5) is 22.9. The molecule has 7 heteroatoms. The third kappa shape index (κ3) is 4.88. The van der Waals surface area contributed by atoms with Crippen molar-refractivity contribution in [2.75, 3.05) is 19.7 Å². The SMILES string of the molecule is Cc1cc(CC[C@@H]2CN(C(=O)CCc3cn(C)nc3C)CCO2)ncn1. The van der Waals surface area contributed by atoms with Gasteiger partial charge in [-0.2, -0.15) is 5.10 Å². The average Bonchev–Trinajstić information content (AvgIpc) is 2.95. The molecule has 0 aliphatic carbocycles. The lowest BCUT2D eigenvalue weighted by Gasteiger charge is -2.33. The van der Waals surface area contributed by atoms with Crippen LogP contribution in [0, 0.1) is 13.8 Å². The fourth-order valence-electron chi connectivity index (χ4n) is 3.37. The van der Waals surface area contributed by atoms with Gasteiger partial charge in [-0.25, -0.2) is 9.97 Å². The molecular weight excluding hydrogens is 330 g/mol. The lowest BCUT2D eigenvalue weighted by atomic mass is 10.1. The summed E-state index contributed by atoms with van der Waals surface area (Å²) in [5.74, 6) is 0.194. The first kappa shape index (κ1) is 18.5. The van der Waals surface area contributed by atoms with Crippen molar-refractivity contribution in [2.45, 2.75) is 45.6 Å². The van der Waals surface area contributed by atoms with Gasteiger partial charge in [-0.1, -0.05) is 0 Å². The predicted octanol–water partition coefficient (Wildman–Crippen LogP) is 1.62. The van der Waals surface area contributed by atoms with E-state index >= 15 is 0 Å². The average molecular weight is 357 g/mol. The molecule has 0 aromatic carbocycles. The minimum atomic E-state index is 0.0723. The summed E-state index contributed by atoms with van der Waals surface area (Å²) in [6.07, 6.45) is 6.62. The van der Waals surface area contributed by atoms with E-state index < -0.39 is 0 Å². The number of carbonyl (C=O) groups is 1. The Labute approximate surface area is 154 Å². The highest BCUT2D eigenvalue weighted by molar-refractivity contribution is 5.76. The third-order valence-corrected chi connectivity index (χ3v) is 4.80. The molecule has 1 fully saturated rings. The van der Waals surface area contributed by atoms with Crippen LogP contribution in [-0.4, -0.2) is 56.4 Å². The molecule has 0 spiro atoms. The number of morpholine rings is 1. The van der Waals surface area contributed by atoms with Crippen LogP contribution in [-0.2, 0) is 29.4 Å². The van der Waals surface area contributed by atoms with Gasteiger partial charge < -0.3 is 9.64 Å². The molecule has 1 atom stereocenters. The van der Waals surface area contributed by atoms with E-state index in [0.29, 0.717) is 26.1 Å². The second kappa shape index (κ2) is 8.40.